The van der Waals surface area contributed by atoms with Crippen LogP contribution in [0, 0.1) is 11.3 Å². The van der Waals surface area contributed by atoms with Crippen molar-refractivity contribution >= 4 is 0 Å². The van der Waals surface area contributed by atoms with Gasteiger partial charge in [0.25, 0.3) is 0 Å². The highest BCUT2D eigenvalue weighted by Gasteiger charge is 2.36. The molecule has 1 rings (SSSR count). The Morgan fingerprint density at radius 2 is 1.50 bits per heavy atom. The third-order valence-corrected chi connectivity index (χ3v) is 5.16. The lowest BCUT2D eigenvalue weighted by Gasteiger charge is -2.38. The van der Waals surface area contributed by atoms with E-state index in [4.69, 9.17) is 0 Å². The lowest BCUT2D eigenvalue weighted by atomic mass is 9.67. The fourth-order valence-electron chi connectivity index (χ4n) is 3.83. The maximum atomic E-state index is 2.43. The topological polar surface area (TPSA) is 0 Å². The van der Waals surface area contributed by atoms with Gasteiger partial charge in [-0.3, -0.25) is 0 Å². The van der Waals surface area contributed by atoms with E-state index in [0.29, 0.717) is 5.41 Å². The molecule has 0 heterocycles. The molecule has 0 aromatic rings. The van der Waals surface area contributed by atoms with E-state index in [0.717, 1.165) is 5.92 Å². The van der Waals surface area contributed by atoms with Crippen molar-refractivity contribution < 1.29 is 0 Å². The third kappa shape index (κ3) is 3.50. The summed E-state index contributed by atoms with van der Waals surface area (Å²) in [5.74, 6) is 1.06. The Hall–Kier alpha value is 0. The normalized spacial score (nSPS) is 18.2. The zero-order valence-corrected chi connectivity index (χ0v) is 11.9. The van der Waals surface area contributed by atoms with Gasteiger partial charge >= 0.3 is 0 Å². The Morgan fingerprint density at radius 1 is 0.875 bits per heavy atom. The molecule has 0 N–H and O–H groups in total. The summed E-state index contributed by atoms with van der Waals surface area (Å²) >= 11 is 0. The van der Waals surface area contributed by atoms with E-state index >= 15 is 0 Å². The van der Waals surface area contributed by atoms with Gasteiger partial charge in [-0.15, -0.1) is 0 Å². The minimum absolute atomic E-state index is 0.713. The van der Waals surface area contributed by atoms with Gasteiger partial charge in [-0.1, -0.05) is 72.1 Å². The van der Waals surface area contributed by atoms with E-state index in [2.05, 4.69) is 20.8 Å². The van der Waals surface area contributed by atoms with Crippen LogP contribution in [0.25, 0.3) is 0 Å². The van der Waals surface area contributed by atoms with Crippen LogP contribution in [0.15, 0.2) is 0 Å². The van der Waals surface area contributed by atoms with Crippen molar-refractivity contribution in [3.8, 4) is 0 Å². The third-order valence-electron chi connectivity index (χ3n) is 5.16. The first-order valence-electron chi connectivity index (χ1n) is 7.79. The zero-order valence-electron chi connectivity index (χ0n) is 11.9. The summed E-state index contributed by atoms with van der Waals surface area (Å²) in [5.41, 5.74) is 0.713. The average Bonchev–Trinajstić information content (AvgIpc) is 2.84. The molecule has 96 valence electrons. The minimum Gasteiger partial charge on any atom is -0.0654 e. The van der Waals surface area contributed by atoms with Crippen LogP contribution < -0.4 is 0 Å². The van der Waals surface area contributed by atoms with Gasteiger partial charge in [0, 0.05) is 0 Å². The van der Waals surface area contributed by atoms with Crippen LogP contribution in [-0.2, 0) is 0 Å². The Bertz CT molecular complexity index is 161. The highest BCUT2D eigenvalue weighted by molar-refractivity contribution is 4.87. The molecule has 0 spiro atoms. The predicted octanol–water partition coefficient (Wildman–Crippen LogP) is 5.95. The van der Waals surface area contributed by atoms with Crippen LogP contribution in [0.2, 0.25) is 0 Å². The van der Waals surface area contributed by atoms with Crippen molar-refractivity contribution in [2.24, 2.45) is 11.3 Å². The van der Waals surface area contributed by atoms with Crippen LogP contribution in [0.5, 0.6) is 0 Å². The van der Waals surface area contributed by atoms with Crippen LogP contribution in [0.3, 0.4) is 0 Å². The van der Waals surface area contributed by atoms with Gasteiger partial charge in [-0.05, 0) is 30.6 Å². The summed E-state index contributed by atoms with van der Waals surface area (Å²) < 4.78 is 0. The van der Waals surface area contributed by atoms with Gasteiger partial charge in [-0.2, -0.15) is 0 Å². The quantitative estimate of drug-likeness (QED) is 0.447. The SMILES string of the molecule is CCCCCCC(CC)(CC)C1CCCC1. The smallest absolute Gasteiger partial charge is 0.0274 e. The molecule has 1 fully saturated rings. The molecule has 0 saturated heterocycles. The van der Waals surface area contributed by atoms with Gasteiger partial charge in [0.15, 0.2) is 0 Å². The molecule has 0 nitrogen and oxygen atoms in total. The lowest BCUT2D eigenvalue weighted by molar-refractivity contribution is 0.126. The van der Waals surface area contributed by atoms with E-state index < -0.39 is 0 Å². The fourth-order valence-corrected chi connectivity index (χ4v) is 3.83. The first-order chi connectivity index (χ1) is 7.79. The zero-order chi connectivity index (χ0) is 11.9. The van der Waals surface area contributed by atoms with Crippen molar-refractivity contribution in [1.82, 2.24) is 0 Å². The molecule has 0 aromatic heterocycles. The summed E-state index contributed by atoms with van der Waals surface area (Å²) in [7, 11) is 0. The summed E-state index contributed by atoms with van der Waals surface area (Å²) in [4.78, 5) is 0. The number of hydrogen-bond acceptors (Lipinski definition) is 0. The van der Waals surface area contributed by atoms with Crippen LogP contribution in [0.4, 0.5) is 0 Å². The Kier molecular flexibility index (Phi) is 6.46. The van der Waals surface area contributed by atoms with Crippen LogP contribution in [-0.4, -0.2) is 0 Å². The molecule has 1 aliphatic rings. The Balaban J connectivity index is 2.43. The molecular formula is C16H32. The molecule has 0 amide bonds. The molecule has 1 saturated carbocycles. The van der Waals surface area contributed by atoms with Gasteiger partial charge in [0.2, 0.25) is 0 Å². The minimum atomic E-state index is 0.713. The largest absolute Gasteiger partial charge is 0.0654 e. The van der Waals surface area contributed by atoms with Crippen molar-refractivity contribution in [2.45, 2.75) is 91.4 Å². The van der Waals surface area contributed by atoms with Crippen LogP contribution in [0.1, 0.15) is 91.4 Å². The Morgan fingerprint density at radius 3 is 2.00 bits per heavy atom. The van der Waals surface area contributed by atoms with Crippen molar-refractivity contribution in [1.29, 1.82) is 0 Å². The molecule has 1 aliphatic carbocycles. The number of unbranched alkanes of at least 4 members (excludes halogenated alkanes) is 3. The van der Waals surface area contributed by atoms with E-state index in [-0.39, 0.29) is 0 Å². The fraction of sp³-hybridized carbons (Fsp3) is 1.00. The molecule has 0 unspecified atom stereocenters. The highest BCUT2D eigenvalue weighted by Crippen LogP contribution is 2.47. The predicted molar refractivity (Wildman–Crippen MR) is 73.7 cm³/mol. The standard InChI is InChI=1S/C16H32/c1-4-7-8-11-14-16(5-2,6-3)15-12-9-10-13-15/h15H,4-14H2,1-3H3. The van der Waals surface area contributed by atoms with E-state index in [9.17, 15) is 0 Å². The molecule has 0 heteroatoms. The highest BCUT2D eigenvalue weighted by atomic mass is 14.4. The molecular weight excluding hydrogens is 192 g/mol. The van der Waals surface area contributed by atoms with Crippen molar-refractivity contribution in [2.75, 3.05) is 0 Å². The van der Waals surface area contributed by atoms with E-state index in [1.807, 2.05) is 0 Å². The molecule has 0 aliphatic heterocycles. The lowest BCUT2D eigenvalue weighted by Crippen LogP contribution is -2.27. The molecule has 0 bridgehead atoms. The maximum Gasteiger partial charge on any atom is -0.0274 e. The average molecular weight is 224 g/mol. The van der Waals surface area contributed by atoms with Crippen molar-refractivity contribution in [3.63, 3.8) is 0 Å². The molecule has 0 atom stereocenters. The van der Waals surface area contributed by atoms with E-state index in [1.54, 1.807) is 0 Å². The monoisotopic (exact) mass is 224 g/mol. The molecule has 0 radical (unpaired) electrons. The summed E-state index contributed by atoms with van der Waals surface area (Å²) in [6.45, 7) is 7.17. The second-order valence-corrected chi connectivity index (χ2v) is 5.86. The van der Waals surface area contributed by atoms with Crippen molar-refractivity contribution in [3.05, 3.63) is 0 Å². The summed E-state index contributed by atoms with van der Waals surface area (Å²) in [5, 5.41) is 0. The summed E-state index contributed by atoms with van der Waals surface area (Å²) in [6, 6.07) is 0. The van der Waals surface area contributed by atoms with Gasteiger partial charge in [0.05, 0.1) is 0 Å². The number of rotatable bonds is 8. The second kappa shape index (κ2) is 7.35. The molecule has 16 heavy (non-hydrogen) atoms. The first-order valence-corrected chi connectivity index (χ1v) is 7.79. The Labute approximate surface area is 103 Å². The second-order valence-electron chi connectivity index (χ2n) is 5.86. The first kappa shape index (κ1) is 14.1. The summed E-state index contributed by atoms with van der Waals surface area (Å²) in [6.07, 6.45) is 16.1. The van der Waals surface area contributed by atoms with Gasteiger partial charge in [-0.25, -0.2) is 0 Å². The number of hydrogen-bond donors (Lipinski definition) is 0. The van der Waals surface area contributed by atoms with E-state index in [1.165, 1.54) is 70.6 Å². The molecule has 0 aromatic carbocycles. The van der Waals surface area contributed by atoms with Gasteiger partial charge in [0.1, 0.15) is 0 Å². The maximum absolute atomic E-state index is 2.43. The van der Waals surface area contributed by atoms with Gasteiger partial charge < -0.3 is 0 Å². The van der Waals surface area contributed by atoms with Crippen LogP contribution >= 0.6 is 0 Å².